The molecule has 0 N–H and O–H groups in total. The van der Waals surface area contributed by atoms with Crippen molar-refractivity contribution in [2.24, 2.45) is 0 Å². The van der Waals surface area contributed by atoms with Crippen LogP contribution in [0.2, 0.25) is 10.0 Å². The van der Waals surface area contributed by atoms with Crippen LogP contribution in [-0.4, -0.2) is 0 Å². The molecule has 2 aromatic rings. The molecule has 0 fully saturated rings. The minimum atomic E-state index is 0.369. The molecular formula is C13H6BrCl2NO. The van der Waals surface area contributed by atoms with Gasteiger partial charge in [0.05, 0.1) is 21.7 Å². The second-order valence-corrected chi connectivity index (χ2v) is 5.16. The molecule has 0 amide bonds. The van der Waals surface area contributed by atoms with Gasteiger partial charge in [-0.25, -0.2) is 0 Å². The third-order valence-corrected chi connectivity index (χ3v) is 3.26. The van der Waals surface area contributed by atoms with E-state index in [1.54, 1.807) is 30.3 Å². The maximum absolute atomic E-state index is 8.74. The first-order valence-corrected chi connectivity index (χ1v) is 6.47. The summed E-state index contributed by atoms with van der Waals surface area (Å²) in [5.41, 5.74) is 0.481. The van der Waals surface area contributed by atoms with Crippen LogP contribution in [-0.2, 0) is 0 Å². The van der Waals surface area contributed by atoms with Gasteiger partial charge in [0.2, 0.25) is 0 Å². The first-order chi connectivity index (χ1) is 8.60. The van der Waals surface area contributed by atoms with E-state index in [1.165, 1.54) is 0 Å². The van der Waals surface area contributed by atoms with E-state index in [4.69, 9.17) is 33.2 Å². The Morgan fingerprint density at radius 1 is 1.00 bits per heavy atom. The van der Waals surface area contributed by atoms with Crippen molar-refractivity contribution in [3.63, 3.8) is 0 Å². The molecule has 0 atom stereocenters. The lowest BCUT2D eigenvalue weighted by molar-refractivity contribution is 0.483. The largest absolute Gasteiger partial charge is 0.454 e. The Balaban J connectivity index is 2.32. The zero-order chi connectivity index (χ0) is 13.1. The summed E-state index contributed by atoms with van der Waals surface area (Å²) in [4.78, 5) is 0. The SMILES string of the molecule is N#Cc1ccc(Oc2ccc(Br)cc2Cl)c(Cl)c1. The van der Waals surface area contributed by atoms with E-state index >= 15 is 0 Å². The summed E-state index contributed by atoms with van der Waals surface area (Å²) >= 11 is 15.4. The van der Waals surface area contributed by atoms with Crippen molar-refractivity contribution in [2.45, 2.75) is 0 Å². The molecule has 2 aromatic carbocycles. The molecule has 2 rings (SSSR count). The average Bonchev–Trinajstić information content (AvgIpc) is 2.34. The summed E-state index contributed by atoms with van der Waals surface area (Å²) in [6.07, 6.45) is 0. The van der Waals surface area contributed by atoms with Crippen LogP contribution < -0.4 is 4.74 Å². The Hall–Kier alpha value is -1.21. The normalized spacial score (nSPS) is 9.89. The molecule has 0 aromatic heterocycles. The topological polar surface area (TPSA) is 33.0 Å². The number of halogens is 3. The minimum absolute atomic E-state index is 0.369. The summed E-state index contributed by atoms with van der Waals surface area (Å²) in [5, 5.41) is 9.59. The standard InChI is InChI=1S/C13H6BrCl2NO/c14-9-2-4-13(11(16)6-9)18-12-3-1-8(7-17)5-10(12)15/h1-6H. The Labute approximate surface area is 123 Å². The van der Waals surface area contributed by atoms with Crippen LogP contribution in [0.15, 0.2) is 40.9 Å². The zero-order valence-corrected chi connectivity index (χ0v) is 12.1. The maximum atomic E-state index is 8.74. The van der Waals surface area contributed by atoms with Gasteiger partial charge in [-0.2, -0.15) is 5.26 Å². The lowest BCUT2D eigenvalue weighted by Gasteiger charge is -2.09. The molecule has 2 nitrogen and oxygen atoms in total. The highest BCUT2D eigenvalue weighted by Gasteiger charge is 2.07. The number of nitrogens with zero attached hydrogens (tertiary/aromatic N) is 1. The second-order valence-electron chi connectivity index (χ2n) is 3.43. The van der Waals surface area contributed by atoms with E-state index in [9.17, 15) is 0 Å². The number of hydrogen-bond donors (Lipinski definition) is 0. The molecule has 0 aliphatic carbocycles. The van der Waals surface area contributed by atoms with Crippen molar-refractivity contribution in [2.75, 3.05) is 0 Å². The van der Waals surface area contributed by atoms with Crippen LogP contribution in [0, 0.1) is 11.3 Å². The molecule has 18 heavy (non-hydrogen) atoms. The van der Waals surface area contributed by atoms with Gasteiger partial charge in [0.15, 0.2) is 0 Å². The van der Waals surface area contributed by atoms with Gasteiger partial charge in [0.1, 0.15) is 11.5 Å². The van der Waals surface area contributed by atoms with Gasteiger partial charge >= 0.3 is 0 Å². The first-order valence-electron chi connectivity index (χ1n) is 4.92. The highest BCUT2D eigenvalue weighted by Crippen LogP contribution is 2.35. The van der Waals surface area contributed by atoms with Gasteiger partial charge in [-0.05, 0) is 36.4 Å². The molecule has 5 heteroatoms. The quantitative estimate of drug-likeness (QED) is 0.730. The molecule has 90 valence electrons. The molecular weight excluding hydrogens is 337 g/mol. The predicted octanol–water partition coefficient (Wildman–Crippen LogP) is 5.42. The van der Waals surface area contributed by atoms with Crippen molar-refractivity contribution in [3.05, 3.63) is 56.5 Å². The van der Waals surface area contributed by atoms with Crippen molar-refractivity contribution in [3.8, 4) is 17.6 Å². The number of ether oxygens (including phenoxy) is 1. The van der Waals surface area contributed by atoms with Crippen molar-refractivity contribution in [1.29, 1.82) is 5.26 Å². The summed E-state index contributed by atoms with van der Waals surface area (Å²) in [7, 11) is 0. The van der Waals surface area contributed by atoms with Crippen LogP contribution in [0.5, 0.6) is 11.5 Å². The molecule has 0 saturated carbocycles. The van der Waals surface area contributed by atoms with E-state index in [2.05, 4.69) is 15.9 Å². The van der Waals surface area contributed by atoms with Gasteiger partial charge in [-0.1, -0.05) is 39.1 Å². The average molecular weight is 343 g/mol. The first kappa shape index (κ1) is 13.2. The van der Waals surface area contributed by atoms with Gasteiger partial charge < -0.3 is 4.74 Å². The van der Waals surface area contributed by atoms with Crippen LogP contribution in [0.3, 0.4) is 0 Å². The number of nitriles is 1. The predicted molar refractivity (Wildman–Crippen MR) is 75.4 cm³/mol. The van der Waals surface area contributed by atoms with Crippen LogP contribution in [0.4, 0.5) is 0 Å². The third-order valence-electron chi connectivity index (χ3n) is 2.17. The Morgan fingerprint density at radius 3 is 2.17 bits per heavy atom. The Bertz CT molecular complexity index is 637. The highest BCUT2D eigenvalue weighted by molar-refractivity contribution is 9.10. The molecule has 0 spiro atoms. The summed E-state index contributed by atoms with van der Waals surface area (Å²) in [6.45, 7) is 0. The highest BCUT2D eigenvalue weighted by atomic mass is 79.9. The second kappa shape index (κ2) is 5.62. The zero-order valence-electron chi connectivity index (χ0n) is 8.95. The fourth-order valence-corrected chi connectivity index (χ4v) is 2.26. The lowest BCUT2D eigenvalue weighted by atomic mass is 10.2. The molecule has 0 heterocycles. The molecule has 0 saturated heterocycles. The third kappa shape index (κ3) is 2.97. The smallest absolute Gasteiger partial charge is 0.146 e. The summed E-state index contributed by atoms with van der Waals surface area (Å²) in [6, 6.07) is 12.1. The minimum Gasteiger partial charge on any atom is -0.454 e. The fourth-order valence-electron chi connectivity index (χ4n) is 1.33. The van der Waals surface area contributed by atoms with Gasteiger partial charge in [-0.15, -0.1) is 0 Å². The number of benzene rings is 2. The molecule has 0 aliphatic heterocycles. The van der Waals surface area contributed by atoms with Crippen molar-refractivity contribution < 1.29 is 4.74 Å². The van der Waals surface area contributed by atoms with Gasteiger partial charge in [-0.3, -0.25) is 0 Å². The summed E-state index contributed by atoms with van der Waals surface area (Å²) < 4.78 is 6.47. The van der Waals surface area contributed by atoms with Crippen molar-refractivity contribution >= 4 is 39.1 Å². The van der Waals surface area contributed by atoms with Crippen LogP contribution >= 0.6 is 39.1 Å². The molecule has 0 unspecified atom stereocenters. The molecule has 0 radical (unpaired) electrons. The molecule has 0 aliphatic rings. The maximum Gasteiger partial charge on any atom is 0.146 e. The number of rotatable bonds is 2. The Kier molecular flexibility index (Phi) is 4.13. The van der Waals surface area contributed by atoms with Crippen LogP contribution in [0.25, 0.3) is 0 Å². The van der Waals surface area contributed by atoms with Gasteiger partial charge in [0.25, 0.3) is 0 Å². The van der Waals surface area contributed by atoms with Crippen molar-refractivity contribution in [1.82, 2.24) is 0 Å². The monoisotopic (exact) mass is 341 g/mol. The Morgan fingerprint density at radius 2 is 1.61 bits per heavy atom. The van der Waals surface area contributed by atoms with E-state index in [-0.39, 0.29) is 0 Å². The van der Waals surface area contributed by atoms with E-state index in [0.717, 1.165) is 4.47 Å². The van der Waals surface area contributed by atoms with E-state index in [1.807, 2.05) is 12.1 Å². The fraction of sp³-hybridized carbons (Fsp3) is 0. The van der Waals surface area contributed by atoms with E-state index in [0.29, 0.717) is 27.1 Å². The van der Waals surface area contributed by atoms with E-state index < -0.39 is 0 Å². The molecule has 0 bridgehead atoms. The van der Waals surface area contributed by atoms with Crippen LogP contribution in [0.1, 0.15) is 5.56 Å². The number of hydrogen-bond acceptors (Lipinski definition) is 2. The summed E-state index contributed by atoms with van der Waals surface area (Å²) in [5.74, 6) is 0.964. The van der Waals surface area contributed by atoms with Gasteiger partial charge in [0, 0.05) is 4.47 Å². The lowest BCUT2D eigenvalue weighted by Crippen LogP contribution is -1.87.